The number of nitrogens with one attached hydrogen (secondary N) is 1. The van der Waals surface area contributed by atoms with Crippen molar-refractivity contribution in [1.82, 2.24) is 10.3 Å². The van der Waals surface area contributed by atoms with Crippen LogP contribution >= 0.6 is 11.3 Å². The van der Waals surface area contributed by atoms with Crippen molar-refractivity contribution in [3.63, 3.8) is 0 Å². The lowest BCUT2D eigenvalue weighted by molar-refractivity contribution is 0.226. The number of halogens is 1. The Morgan fingerprint density at radius 1 is 1.67 bits per heavy atom. The molecule has 1 saturated heterocycles. The van der Waals surface area contributed by atoms with Crippen molar-refractivity contribution in [1.29, 1.82) is 0 Å². The first-order valence-electron chi connectivity index (χ1n) is 5.40. The van der Waals surface area contributed by atoms with Gasteiger partial charge < -0.3 is 5.32 Å². The molecule has 1 N–H and O–H groups in total. The lowest BCUT2D eigenvalue weighted by atomic mass is 10.1. The molecule has 2 nitrogen and oxygen atoms in total. The summed E-state index contributed by atoms with van der Waals surface area (Å²) in [5.41, 5.74) is -1.25. The van der Waals surface area contributed by atoms with Gasteiger partial charge in [0.05, 0.1) is 9.88 Å². The van der Waals surface area contributed by atoms with E-state index in [0.717, 1.165) is 29.4 Å². The Bertz CT molecular complexity index is 324. The van der Waals surface area contributed by atoms with Crippen LogP contribution < -0.4 is 5.32 Å². The monoisotopic (exact) mass is 228 g/mol. The van der Waals surface area contributed by atoms with E-state index >= 15 is 0 Å². The Kier molecular flexibility index (Phi) is 3.07. The zero-order chi connectivity index (χ0) is 10.9. The molecular weight excluding hydrogens is 211 g/mol. The van der Waals surface area contributed by atoms with E-state index in [-0.39, 0.29) is 0 Å². The Labute approximate surface area is 93.9 Å². The molecule has 15 heavy (non-hydrogen) atoms. The second-order valence-electron chi connectivity index (χ2n) is 4.65. The standard InChI is InChI=1S/C11H17FN2S/c1-11(2,12)9-7-14-10(15-9)5-8-3-4-13-6-8/h7-8,13H,3-6H2,1-2H3. The van der Waals surface area contributed by atoms with Crippen molar-refractivity contribution >= 4 is 11.3 Å². The summed E-state index contributed by atoms with van der Waals surface area (Å²) in [6.07, 6.45) is 3.89. The summed E-state index contributed by atoms with van der Waals surface area (Å²) in [5, 5.41) is 4.41. The largest absolute Gasteiger partial charge is 0.316 e. The van der Waals surface area contributed by atoms with Gasteiger partial charge in [0, 0.05) is 12.6 Å². The third kappa shape index (κ3) is 2.75. The lowest BCUT2D eigenvalue weighted by Crippen LogP contribution is -2.10. The molecule has 0 aromatic carbocycles. The van der Waals surface area contributed by atoms with Crippen LogP contribution in [0.2, 0.25) is 0 Å². The number of hydrogen-bond donors (Lipinski definition) is 1. The number of aromatic nitrogens is 1. The van der Waals surface area contributed by atoms with E-state index in [1.54, 1.807) is 20.0 Å². The van der Waals surface area contributed by atoms with Crippen molar-refractivity contribution in [3.05, 3.63) is 16.1 Å². The Morgan fingerprint density at radius 3 is 3.00 bits per heavy atom. The number of alkyl halides is 1. The number of nitrogens with zero attached hydrogens (tertiary/aromatic N) is 1. The van der Waals surface area contributed by atoms with Crippen molar-refractivity contribution in [2.24, 2.45) is 5.92 Å². The van der Waals surface area contributed by atoms with Gasteiger partial charge in [-0.2, -0.15) is 0 Å². The third-order valence-corrected chi connectivity index (χ3v) is 4.08. The predicted molar refractivity (Wildman–Crippen MR) is 60.9 cm³/mol. The van der Waals surface area contributed by atoms with Crippen LogP contribution in [0.25, 0.3) is 0 Å². The van der Waals surface area contributed by atoms with Crippen LogP contribution in [-0.2, 0) is 12.1 Å². The summed E-state index contributed by atoms with van der Waals surface area (Å²) in [4.78, 5) is 5.04. The maximum absolute atomic E-state index is 13.6. The first-order chi connectivity index (χ1) is 7.05. The fourth-order valence-electron chi connectivity index (χ4n) is 1.82. The highest BCUT2D eigenvalue weighted by Gasteiger charge is 2.23. The minimum absolute atomic E-state index is 0.687. The van der Waals surface area contributed by atoms with Crippen LogP contribution in [0.3, 0.4) is 0 Å². The van der Waals surface area contributed by atoms with Crippen LogP contribution in [0.1, 0.15) is 30.2 Å². The first kappa shape index (κ1) is 11.0. The van der Waals surface area contributed by atoms with E-state index < -0.39 is 5.67 Å². The molecular formula is C11H17FN2S. The second-order valence-corrected chi connectivity index (χ2v) is 5.77. The summed E-state index contributed by atoms with van der Waals surface area (Å²) in [6, 6.07) is 0. The maximum Gasteiger partial charge on any atom is 0.141 e. The summed E-state index contributed by atoms with van der Waals surface area (Å²) in [6.45, 7) is 5.36. The molecule has 0 bridgehead atoms. The molecule has 1 unspecified atom stereocenters. The summed E-state index contributed by atoms with van der Waals surface area (Å²) < 4.78 is 13.6. The van der Waals surface area contributed by atoms with Crippen molar-refractivity contribution in [3.8, 4) is 0 Å². The highest BCUT2D eigenvalue weighted by molar-refractivity contribution is 7.11. The average molecular weight is 228 g/mol. The number of hydrogen-bond acceptors (Lipinski definition) is 3. The second kappa shape index (κ2) is 4.18. The smallest absolute Gasteiger partial charge is 0.141 e. The highest BCUT2D eigenvalue weighted by Crippen LogP contribution is 2.30. The molecule has 1 fully saturated rings. The molecule has 1 aromatic rings. The van der Waals surface area contributed by atoms with E-state index in [4.69, 9.17) is 0 Å². The highest BCUT2D eigenvalue weighted by atomic mass is 32.1. The Balaban J connectivity index is 2.00. The molecule has 0 saturated carbocycles. The fourth-order valence-corrected chi connectivity index (χ4v) is 2.84. The first-order valence-corrected chi connectivity index (χ1v) is 6.22. The molecule has 1 aliphatic rings. The predicted octanol–water partition coefficient (Wildman–Crippen LogP) is 2.50. The van der Waals surface area contributed by atoms with E-state index in [1.165, 1.54) is 17.8 Å². The summed E-state index contributed by atoms with van der Waals surface area (Å²) in [5.74, 6) is 0.687. The summed E-state index contributed by atoms with van der Waals surface area (Å²) >= 11 is 1.51. The van der Waals surface area contributed by atoms with Gasteiger partial charge in [-0.25, -0.2) is 9.37 Å². The van der Waals surface area contributed by atoms with Gasteiger partial charge in [-0.05, 0) is 39.3 Å². The van der Waals surface area contributed by atoms with Crippen LogP contribution in [0, 0.1) is 5.92 Å². The topological polar surface area (TPSA) is 24.9 Å². The Morgan fingerprint density at radius 2 is 2.47 bits per heavy atom. The molecule has 2 rings (SSSR count). The van der Waals surface area contributed by atoms with Crippen LogP contribution in [-0.4, -0.2) is 18.1 Å². The van der Waals surface area contributed by atoms with Gasteiger partial charge in [0.15, 0.2) is 0 Å². The molecule has 4 heteroatoms. The van der Waals surface area contributed by atoms with Crippen molar-refractivity contribution in [2.75, 3.05) is 13.1 Å². The zero-order valence-electron chi connectivity index (χ0n) is 9.22. The third-order valence-electron chi connectivity index (χ3n) is 2.77. The van der Waals surface area contributed by atoms with Gasteiger partial charge in [0.1, 0.15) is 5.67 Å². The van der Waals surface area contributed by atoms with E-state index in [9.17, 15) is 4.39 Å². The molecule has 1 atom stereocenters. The van der Waals surface area contributed by atoms with E-state index in [0.29, 0.717) is 5.92 Å². The van der Waals surface area contributed by atoms with Gasteiger partial charge >= 0.3 is 0 Å². The van der Waals surface area contributed by atoms with Crippen LogP contribution in [0.15, 0.2) is 6.20 Å². The van der Waals surface area contributed by atoms with Gasteiger partial charge in [-0.3, -0.25) is 0 Å². The van der Waals surface area contributed by atoms with Gasteiger partial charge in [0.2, 0.25) is 0 Å². The molecule has 0 radical (unpaired) electrons. The molecule has 0 spiro atoms. The zero-order valence-corrected chi connectivity index (χ0v) is 10.0. The average Bonchev–Trinajstić information content (AvgIpc) is 2.73. The minimum Gasteiger partial charge on any atom is -0.316 e. The molecule has 84 valence electrons. The maximum atomic E-state index is 13.6. The van der Waals surface area contributed by atoms with Crippen molar-refractivity contribution in [2.45, 2.75) is 32.4 Å². The SMILES string of the molecule is CC(C)(F)c1cnc(CC2CCNC2)s1. The van der Waals surface area contributed by atoms with E-state index in [2.05, 4.69) is 10.3 Å². The molecule has 0 aliphatic carbocycles. The van der Waals surface area contributed by atoms with Gasteiger partial charge in [0.25, 0.3) is 0 Å². The molecule has 2 heterocycles. The minimum atomic E-state index is -1.25. The molecule has 0 amide bonds. The van der Waals surface area contributed by atoms with Crippen molar-refractivity contribution < 1.29 is 4.39 Å². The lowest BCUT2D eigenvalue weighted by Gasteiger charge is -2.09. The van der Waals surface area contributed by atoms with Gasteiger partial charge in [-0.15, -0.1) is 11.3 Å². The quantitative estimate of drug-likeness (QED) is 0.860. The number of rotatable bonds is 3. The van der Waals surface area contributed by atoms with Crippen LogP contribution in [0.4, 0.5) is 4.39 Å². The van der Waals surface area contributed by atoms with Gasteiger partial charge in [-0.1, -0.05) is 0 Å². The molecule has 1 aliphatic heterocycles. The summed E-state index contributed by atoms with van der Waals surface area (Å²) in [7, 11) is 0. The normalized spacial score (nSPS) is 22.2. The fraction of sp³-hybridized carbons (Fsp3) is 0.727. The molecule has 1 aromatic heterocycles. The number of thiazole rings is 1. The Hall–Kier alpha value is -0.480. The van der Waals surface area contributed by atoms with Crippen LogP contribution in [0.5, 0.6) is 0 Å². The van der Waals surface area contributed by atoms with E-state index in [1.807, 2.05) is 0 Å².